The van der Waals surface area contributed by atoms with Gasteiger partial charge in [-0.25, -0.2) is 4.79 Å². The lowest BCUT2D eigenvalue weighted by Gasteiger charge is -2.25. The van der Waals surface area contributed by atoms with Crippen LogP contribution in [0.15, 0.2) is 158 Å². The van der Waals surface area contributed by atoms with Gasteiger partial charge in [0.1, 0.15) is 13.2 Å². The fraction of sp³-hybridized carbons (Fsp3) is 0.670. The number of carbonyl (C=O) groups is 3. The highest BCUT2D eigenvalue weighted by Crippen LogP contribution is 2.18. The molecule has 2 unspecified atom stereocenters. The maximum atomic E-state index is 13.0. The Labute approximate surface area is 597 Å². The van der Waals surface area contributed by atoms with Crippen molar-refractivity contribution >= 4 is 17.9 Å². The first-order valence-corrected chi connectivity index (χ1v) is 39.6. The zero-order valence-corrected chi connectivity index (χ0v) is 63.2. The second-order valence-corrected chi connectivity index (χ2v) is 27.3. The van der Waals surface area contributed by atoms with Crippen molar-refractivity contribution in [2.24, 2.45) is 0 Å². The van der Waals surface area contributed by atoms with Crippen molar-refractivity contribution in [3.63, 3.8) is 0 Å². The van der Waals surface area contributed by atoms with E-state index in [4.69, 9.17) is 18.9 Å². The number of ether oxygens (including phenoxy) is 4. The van der Waals surface area contributed by atoms with Crippen LogP contribution in [0.1, 0.15) is 322 Å². The van der Waals surface area contributed by atoms with Crippen LogP contribution in [0.5, 0.6) is 0 Å². The Morgan fingerprint density at radius 2 is 0.557 bits per heavy atom. The minimum atomic E-state index is -1.52. The second kappa shape index (κ2) is 76.7. The molecule has 0 fully saturated rings. The monoisotopic (exact) mass is 1350 g/mol. The van der Waals surface area contributed by atoms with Gasteiger partial charge in [0.15, 0.2) is 6.10 Å². The van der Waals surface area contributed by atoms with Gasteiger partial charge in [-0.1, -0.05) is 345 Å². The smallest absolute Gasteiger partial charge is 0.361 e. The van der Waals surface area contributed by atoms with E-state index in [0.29, 0.717) is 23.9 Å². The van der Waals surface area contributed by atoms with Crippen LogP contribution in [-0.4, -0.2) is 87.4 Å². The highest BCUT2D eigenvalue weighted by molar-refractivity contribution is 5.71. The van der Waals surface area contributed by atoms with Crippen molar-refractivity contribution in [3.05, 3.63) is 158 Å². The molecule has 0 aliphatic rings. The van der Waals surface area contributed by atoms with Gasteiger partial charge in [-0.15, -0.1) is 0 Å². The van der Waals surface area contributed by atoms with E-state index in [1.807, 2.05) is 21.1 Å². The van der Waals surface area contributed by atoms with Crippen molar-refractivity contribution in [2.75, 3.05) is 47.5 Å². The first kappa shape index (κ1) is 91.9. The molecule has 0 heterocycles. The molecule has 0 radical (unpaired) electrons. The summed E-state index contributed by atoms with van der Waals surface area (Å²) in [6.07, 6.45) is 111. The lowest BCUT2D eigenvalue weighted by molar-refractivity contribution is -0.870. The number of hydrogen-bond acceptors (Lipinski definition) is 7. The van der Waals surface area contributed by atoms with Crippen molar-refractivity contribution in [2.45, 2.75) is 334 Å². The normalized spacial score (nSPS) is 13.5. The molecule has 9 nitrogen and oxygen atoms in total. The van der Waals surface area contributed by atoms with Gasteiger partial charge in [0.2, 0.25) is 0 Å². The molecule has 0 bridgehead atoms. The van der Waals surface area contributed by atoms with Gasteiger partial charge >= 0.3 is 17.9 Å². The minimum absolute atomic E-state index is 0.180. The predicted octanol–water partition coefficient (Wildman–Crippen LogP) is 25.6. The Kier molecular flexibility index (Phi) is 72.6. The van der Waals surface area contributed by atoms with E-state index in [-0.39, 0.29) is 32.2 Å². The van der Waals surface area contributed by atoms with Gasteiger partial charge in [0.25, 0.3) is 6.29 Å². The number of allylic oxidation sites excluding steroid dienone is 26. The fourth-order valence-electron chi connectivity index (χ4n) is 10.8. The Hall–Kier alpha value is -5.09. The zero-order chi connectivity index (χ0) is 70.4. The minimum Gasteiger partial charge on any atom is -0.477 e. The Morgan fingerprint density at radius 1 is 0.309 bits per heavy atom. The summed E-state index contributed by atoms with van der Waals surface area (Å²) < 4.78 is 23.0. The summed E-state index contributed by atoms with van der Waals surface area (Å²) in [5.74, 6) is -2.01. The third kappa shape index (κ3) is 78.1. The number of carboxylic acids is 1. The lowest BCUT2D eigenvalue weighted by atomic mass is 10.0. The average molecular weight is 1350 g/mol. The van der Waals surface area contributed by atoms with Crippen LogP contribution in [0, 0.1) is 0 Å². The third-order valence-corrected chi connectivity index (χ3v) is 16.8. The van der Waals surface area contributed by atoms with E-state index in [9.17, 15) is 19.5 Å². The molecule has 0 aliphatic carbocycles. The van der Waals surface area contributed by atoms with E-state index >= 15 is 0 Å². The maximum Gasteiger partial charge on any atom is 0.361 e. The van der Waals surface area contributed by atoms with Crippen LogP contribution in [0.3, 0.4) is 0 Å². The highest BCUT2D eigenvalue weighted by Gasteiger charge is 2.25. The molecule has 0 spiro atoms. The molecule has 552 valence electrons. The molecular weight excluding hydrogens is 1200 g/mol. The molecule has 0 amide bonds. The molecule has 0 aromatic heterocycles. The van der Waals surface area contributed by atoms with Crippen LogP contribution >= 0.6 is 0 Å². The molecule has 0 aliphatic heterocycles. The summed E-state index contributed by atoms with van der Waals surface area (Å²) in [5, 5.41) is 9.77. The van der Waals surface area contributed by atoms with Gasteiger partial charge in [0, 0.05) is 12.8 Å². The summed E-state index contributed by atoms with van der Waals surface area (Å²) in [6, 6.07) is 0. The lowest BCUT2D eigenvalue weighted by Crippen LogP contribution is -2.40. The number of likely N-dealkylation sites (N-methyl/N-ethyl adjacent to an activating group) is 1. The quantitative estimate of drug-likeness (QED) is 0.0211. The SMILES string of the molecule is CC/C=C\C/C=C\C/C=C\C/C=C\C/C=C\C/C=C\C/C=C\C/C=C\CCCCCCCCCCC(=O)OC(COC(=O)CCCCCCCCCCCCCCCCCCCCCCCCC/C=C\C/C=C\C/C=C\C/C=C\C/C=C\CC)COC(OCC[N+](C)(C)C)C(=O)O. The molecule has 0 rings (SSSR count). The molecule has 1 N–H and O–H groups in total. The Bertz CT molecular complexity index is 2160. The second-order valence-electron chi connectivity index (χ2n) is 27.3. The summed E-state index contributed by atoms with van der Waals surface area (Å²) in [5.41, 5.74) is 0. The van der Waals surface area contributed by atoms with Gasteiger partial charge < -0.3 is 28.5 Å². The summed E-state index contributed by atoms with van der Waals surface area (Å²) in [7, 11) is 5.98. The van der Waals surface area contributed by atoms with Crippen molar-refractivity contribution in [3.8, 4) is 0 Å². The molecule has 2 atom stereocenters. The number of hydrogen-bond donors (Lipinski definition) is 1. The topological polar surface area (TPSA) is 108 Å². The largest absolute Gasteiger partial charge is 0.477 e. The molecule has 0 aromatic rings. The van der Waals surface area contributed by atoms with E-state index in [0.717, 1.165) is 128 Å². The molecule has 0 saturated carbocycles. The number of unbranched alkanes of at least 4 members (excludes halogenated alkanes) is 31. The zero-order valence-electron chi connectivity index (χ0n) is 63.2. The van der Waals surface area contributed by atoms with E-state index < -0.39 is 24.3 Å². The molecule has 0 aromatic carbocycles. The molecular formula is C88H148NO8+. The molecule has 0 saturated heterocycles. The Balaban J connectivity index is 4.06. The van der Waals surface area contributed by atoms with Gasteiger partial charge in [-0.3, -0.25) is 9.59 Å². The fourth-order valence-corrected chi connectivity index (χ4v) is 10.8. The van der Waals surface area contributed by atoms with Crippen LogP contribution in [0.4, 0.5) is 0 Å². The maximum absolute atomic E-state index is 13.0. The van der Waals surface area contributed by atoms with Gasteiger partial charge in [-0.05, 0) is 122 Å². The number of rotatable bonds is 72. The first-order chi connectivity index (χ1) is 47.6. The number of esters is 2. The summed E-state index contributed by atoms with van der Waals surface area (Å²) in [4.78, 5) is 37.7. The number of carboxylic acid groups (broad SMARTS) is 1. The standard InChI is InChI=1S/C88H147NO8/c1-6-8-10-12-14-16-18-20-22-24-26-28-30-32-34-36-38-40-41-42-43-44-45-47-48-50-52-54-56-58-60-62-64-66-68-70-72-74-76-78-85(90)95-82-84(83-96-88(87(92)93)94-81-80-89(3,4)5)97-86(91)79-77-75-73-71-69-67-65-63-61-59-57-55-53-51-49-46-39-37-35-33-31-29-27-25-23-21-19-17-15-13-11-9-7-2/h8-11,14-17,20-23,26-29,32-35,39,46,51,53,57,59,84,88H,6-7,12-13,18-19,24-25,30-31,36-38,40-45,47-50,52,54-56,58,60-83H2,1-5H3/p+1/b10-8-,11-9-,16-14-,17-15-,22-20-,23-21-,28-26-,29-27-,34-32-,35-33-,46-39-,53-51-,59-57-. The number of quaternary nitrogens is 1. The average Bonchev–Trinajstić information content (AvgIpc) is 2.59. The third-order valence-electron chi connectivity index (χ3n) is 16.8. The summed E-state index contributed by atoms with van der Waals surface area (Å²) in [6.45, 7) is 4.66. The van der Waals surface area contributed by atoms with Crippen LogP contribution < -0.4 is 0 Å². The summed E-state index contributed by atoms with van der Waals surface area (Å²) >= 11 is 0. The molecule has 97 heavy (non-hydrogen) atoms. The van der Waals surface area contributed by atoms with Crippen LogP contribution in [0.25, 0.3) is 0 Å². The van der Waals surface area contributed by atoms with E-state index in [2.05, 4.69) is 172 Å². The van der Waals surface area contributed by atoms with Crippen molar-refractivity contribution in [1.82, 2.24) is 0 Å². The van der Waals surface area contributed by atoms with Crippen molar-refractivity contribution < 1.29 is 42.9 Å². The molecule has 9 heteroatoms. The Morgan fingerprint density at radius 3 is 0.825 bits per heavy atom. The number of nitrogens with zero attached hydrogens (tertiary/aromatic N) is 1. The van der Waals surface area contributed by atoms with Gasteiger partial charge in [0.05, 0.1) is 34.4 Å². The van der Waals surface area contributed by atoms with Crippen LogP contribution in [0.2, 0.25) is 0 Å². The number of carbonyl (C=O) groups excluding carboxylic acids is 2. The highest BCUT2D eigenvalue weighted by atomic mass is 16.7. The predicted molar refractivity (Wildman–Crippen MR) is 419 cm³/mol. The van der Waals surface area contributed by atoms with E-state index in [1.165, 1.54) is 161 Å². The number of aliphatic carboxylic acids is 1. The van der Waals surface area contributed by atoms with Crippen LogP contribution in [-0.2, 0) is 33.3 Å². The first-order valence-electron chi connectivity index (χ1n) is 39.6. The van der Waals surface area contributed by atoms with E-state index in [1.54, 1.807) is 0 Å². The van der Waals surface area contributed by atoms with Crippen molar-refractivity contribution in [1.29, 1.82) is 0 Å². The van der Waals surface area contributed by atoms with Gasteiger partial charge in [-0.2, -0.15) is 0 Å².